The molecule has 0 fully saturated rings. The first-order valence-corrected chi connectivity index (χ1v) is 4.37. The molecule has 4 heteroatoms. The third kappa shape index (κ3) is 3.31. The van der Waals surface area contributed by atoms with Crippen LogP contribution in [0.4, 0.5) is 10.1 Å². The lowest BCUT2D eigenvalue weighted by molar-refractivity contribution is -0.136. The molecule has 0 aliphatic rings. The van der Waals surface area contributed by atoms with Gasteiger partial charge in [0.1, 0.15) is 5.82 Å². The number of carbonyl (C=O) groups is 1. The lowest BCUT2D eigenvalue weighted by Crippen LogP contribution is -1.99. The number of ether oxygens (including phenoxy) is 1. The van der Waals surface area contributed by atoms with Crippen LogP contribution in [0.2, 0.25) is 0 Å². The van der Waals surface area contributed by atoms with Crippen LogP contribution in [0.1, 0.15) is 12.5 Å². The second-order valence-corrected chi connectivity index (χ2v) is 2.71. The molecule has 0 aromatic heterocycles. The average Bonchev–Trinajstić information content (AvgIpc) is 2.17. The van der Waals surface area contributed by atoms with Gasteiger partial charge in [0, 0.05) is 11.6 Å². The summed E-state index contributed by atoms with van der Waals surface area (Å²) in [5.74, 6) is 3.32. The Hall–Kier alpha value is -2.02. The van der Waals surface area contributed by atoms with E-state index in [9.17, 15) is 9.18 Å². The van der Waals surface area contributed by atoms with E-state index in [1.54, 1.807) is 6.92 Å². The quantitative estimate of drug-likeness (QED) is 0.429. The maximum atomic E-state index is 13.2. The van der Waals surface area contributed by atoms with Crippen molar-refractivity contribution in [2.24, 2.45) is 0 Å². The highest BCUT2D eigenvalue weighted by Gasteiger charge is 1.99. The van der Waals surface area contributed by atoms with E-state index in [2.05, 4.69) is 16.6 Å². The van der Waals surface area contributed by atoms with Crippen molar-refractivity contribution >= 4 is 11.7 Å². The van der Waals surface area contributed by atoms with Crippen LogP contribution in [0.15, 0.2) is 18.2 Å². The summed E-state index contributed by atoms with van der Waals surface area (Å²) in [5, 5.41) is 0. The molecule has 15 heavy (non-hydrogen) atoms. The molecular formula is C11H10FNO2. The van der Waals surface area contributed by atoms with E-state index in [0.29, 0.717) is 5.69 Å². The standard InChI is InChI=1S/C11H10FNO2/c1-2-15-11(14)6-4-8-3-5-9(13)7-10(8)12/h3,5,7H,2,13H2,1H3. The summed E-state index contributed by atoms with van der Waals surface area (Å²) in [6.07, 6.45) is 0. The zero-order chi connectivity index (χ0) is 11.3. The van der Waals surface area contributed by atoms with Crippen molar-refractivity contribution in [3.63, 3.8) is 0 Å². The van der Waals surface area contributed by atoms with Gasteiger partial charge in [-0.05, 0) is 25.1 Å². The SMILES string of the molecule is CCOC(=O)C#Cc1ccc(N)cc1F. The molecule has 0 aliphatic carbocycles. The number of esters is 1. The van der Waals surface area contributed by atoms with E-state index in [-0.39, 0.29) is 12.2 Å². The Morgan fingerprint density at radius 3 is 2.93 bits per heavy atom. The Kier molecular flexibility index (Phi) is 3.69. The van der Waals surface area contributed by atoms with E-state index in [1.807, 2.05) is 0 Å². The van der Waals surface area contributed by atoms with Crippen LogP contribution in [0, 0.1) is 17.7 Å². The Morgan fingerprint density at radius 1 is 1.60 bits per heavy atom. The summed E-state index contributed by atoms with van der Waals surface area (Å²) in [6.45, 7) is 1.92. The highest BCUT2D eigenvalue weighted by molar-refractivity contribution is 5.89. The molecule has 0 radical (unpaired) electrons. The topological polar surface area (TPSA) is 52.3 Å². The predicted octanol–water partition coefficient (Wildman–Crippen LogP) is 1.32. The van der Waals surface area contributed by atoms with Crippen LogP contribution in [0.25, 0.3) is 0 Å². The molecule has 78 valence electrons. The van der Waals surface area contributed by atoms with E-state index in [0.717, 1.165) is 6.07 Å². The molecule has 3 nitrogen and oxygen atoms in total. The molecule has 1 rings (SSSR count). The van der Waals surface area contributed by atoms with Crippen molar-refractivity contribution in [3.8, 4) is 11.8 Å². The fourth-order valence-corrected chi connectivity index (χ4v) is 0.918. The molecule has 0 heterocycles. The molecule has 0 amide bonds. The van der Waals surface area contributed by atoms with Gasteiger partial charge < -0.3 is 10.5 Å². The van der Waals surface area contributed by atoms with Gasteiger partial charge in [-0.3, -0.25) is 0 Å². The number of rotatable bonds is 1. The summed E-state index contributed by atoms with van der Waals surface area (Å²) in [5.41, 5.74) is 5.79. The molecule has 0 saturated carbocycles. The van der Waals surface area contributed by atoms with Gasteiger partial charge in [-0.2, -0.15) is 0 Å². The number of nitrogen functional groups attached to an aromatic ring is 1. The van der Waals surface area contributed by atoms with Crippen molar-refractivity contribution in [1.82, 2.24) is 0 Å². The molecular weight excluding hydrogens is 197 g/mol. The number of hydrogen-bond acceptors (Lipinski definition) is 3. The van der Waals surface area contributed by atoms with Crippen molar-refractivity contribution < 1.29 is 13.9 Å². The minimum Gasteiger partial charge on any atom is -0.456 e. The number of nitrogens with two attached hydrogens (primary N) is 1. The lowest BCUT2D eigenvalue weighted by atomic mass is 10.2. The molecule has 0 atom stereocenters. The average molecular weight is 207 g/mol. The predicted molar refractivity (Wildman–Crippen MR) is 54.3 cm³/mol. The molecule has 0 bridgehead atoms. The first kappa shape index (κ1) is 11.1. The van der Waals surface area contributed by atoms with Gasteiger partial charge in [0.15, 0.2) is 0 Å². The number of hydrogen-bond donors (Lipinski definition) is 1. The molecule has 0 aliphatic heterocycles. The maximum absolute atomic E-state index is 13.2. The molecule has 1 aromatic carbocycles. The molecule has 0 spiro atoms. The van der Waals surface area contributed by atoms with Crippen molar-refractivity contribution in [2.45, 2.75) is 6.92 Å². The van der Waals surface area contributed by atoms with E-state index < -0.39 is 11.8 Å². The van der Waals surface area contributed by atoms with Gasteiger partial charge in [-0.25, -0.2) is 9.18 Å². The minimum absolute atomic E-state index is 0.122. The zero-order valence-corrected chi connectivity index (χ0v) is 8.21. The van der Waals surface area contributed by atoms with Crippen LogP contribution in [0.5, 0.6) is 0 Å². The highest BCUT2D eigenvalue weighted by Crippen LogP contribution is 2.10. The van der Waals surface area contributed by atoms with Gasteiger partial charge in [-0.1, -0.05) is 5.92 Å². The Bertz CT molecular complexity index is 432. The van der Waals surface area contributed by atoms with Gasteiger partial charge in [0.2, 0.25) is 0 Å². The van der Waals surface area contributed by atoms with Crippen LogP contribution in [-0.4, -0.2) is 12.6 Å². The van der Waals surface area contributed by atoms with Crippen LogP contribution in [-0.2, 0) is 9.53 Å². The Morgan fingerprint density at radius 2 is 2.33 bits per heavy atom. The van der Waals surface area contributed by atoms with Gasteiger partial charge >= 0.3 is 5.97 Å². The van der Waals surface area contributed by atoms with Crippen molar-refractivity contribution in [3.05, 3.63) is 29.6 Å². The monoisotopic (exact) mass is 207 g/mol. The molecule has 0 unspecified atom stereocenters. The van der Waals surface area contributed by atoms with Crippen molar-refractivity contribution in [1.29, 1.82) is 0 Å². The van der Waals surface area contributed by atoms with E-state index in [1.165, 1.54) is 12.1 Å². The Labute approximate surface area is 87.0 Å². The van der Waals surface area contributed by atoms with Gasteiger partial charge in [0.25, 0.3) is 0 Å². The summed E-state index contributed by atoms with van der Waals surface area (Å²) >= 11 is 0. The number of halogens is 1. The minimum atomic E-state index is -0.672. The number of anilines is 1. The summed E-state index contributed by atoms with van der Waals surface area (Å²) < 4.78 is 17.7. The highest BCUT2D eigenvalue weighted by atomic mass is 19.1. The lowest BCUT2D eigenvalue weighted by Gasteiger charge is -1.95. The van der Waals surface area contributed by atoms with Gasteiger partial charge in [-0.15, -0.1) is 0 Å². The molecule has 1 aromatic rings. The summed E-state index contributed by atoms with van der Waals surface area (Å²) in [7, 11) is 0. The fourth-order valence-electron chi connectivity index (χ4n) is 0.918. The molecule has 0 saturated heterocycles. The smallest absolute Gasteiger partial charge is 0.384 e. The zero-order valence-electron chi connectivity index (χ0n) is 8.21. The largest absolute Gasteiger partial charge is 0.456 e. The third-order valence-corrected chi connectivity index (χ3v) is 1.57. The van der Waals surface area contributed by atoms with Gasteiger partial charge in [0.05, 0.1) is 12.2 Å². The van der Waals surface area contributed by atoms with Crippen molar-refractivity contribution in [2.75, 3.05) is 12.3 Å². The number of benzene rings is 1. The summed E-state index contributed by atoms with van der Waals surface area (Å²) in [4.78, 5) is 10.9. The maximum Gasteiger partial charge on any atom is 0.384 e. The normalized spacial score (nSPS) is 8.93. The number of carbonyl (C=O) groups excluding carboxylic acids is 1. The first-order chi connectivity index (χ1) is 7.13. The Balaban J connectivity index is 2.84. The van der Waals surface area contributed by atoms with E-state index in [4.69, 9.17) is 5.73 Å². The van der Waals surface area contributed by atoms with Crippen LogP contribution < -0.4 is 5.73 Å². The second kappa shape index (κ2) is 5.01. The molecule has 2 N–H and O–H groups in total. The fraction of sp³-hybridized carbons (Fsp3) is 0.182. The second-order valence-electron chi connectivity index (χ2n) is 2.71. The van der Waals surface area contributed by atoms with Crippen LogP contribution >= 0.6 is 0 Å². The summed E-state index contributed by atoms with van der Waals surface area (Å²) in [6, 6.07) is 4.07. The van der Waals surface area contributed by atoms with E-state index >= 15 is 0 Å². The van der Waals surface area contributed by atoms with Crippen LogP contribution in [0.3, 0.4) is 0 Å². The third-order valence-electron chi connectivity index (χ3n) is 1.57. The first-order valence-electron chi connectivity index (χ1n) is 4.37.